The van der Waals surface area contributed by atoms with E-state index in [9.17, 15) is 46.0 Å². The third kappa shape index (κ3) is 5.61. The quantitative estimate of drug-likeness (QED) is 0.148. The lowest BCUT2D eigenvalue weighted by Crippen LogP contribution is -2.62. The summed E-state index contributed by atoms with van der Waals surface area (Å²) >= 11 is 0. The van der Waals surface area contributed by atoms with Crippen LogP contribution in [0.15, 0.2) is 0 Å². The second kappa shape index (κ2) is 12.1. The molecular weight excluding hydrogens is 592 g/mol. The average molecular weight is 647 g/mol. The zero-order valence-electron chi connectivity index (χ0n) is 26.5. The van der Waals surface area contributed by atoms with E-state index >= 15 is 0 Å². The first kappa shape index (κ1) is 34.3. The van der Waals surface area contributed by atoms with Crippen molar-refractivity contribution in [3.05, 3.63) is 0 Å². The molecule has 2 heterocycles. The van der Waals surface area contributed by atoms with Crippen LogP contribution in [0.25, 0.3) is 0 Å². The number of rotatable bonds is 7. The molecule has 0 aromatic carbocycles. The third-order valence-electron chi connectivity index (χ3n) is 13.0. The van der Waals surface area contributed by atoms with Gasteiger partial charge in [-0.3, -0.25) is 0 Å². The van der Waals surface area contributed by atoms with Gasteiger partial charge in [-0.05, 0) is 85.4 Å². The molecule has 9 N–H and O–H groups in total. The number of ether oxygens (including phenoxy) is 4. The van der Waals surface area contributed by atoms with Crippen molar-refractivity contribution < 1.29 is 64.9 Å². The molecule has 0 radical (unpaired) electrons. The van der Waals surface area contributed by atoms with Crippen LogP contribution >= 0.6 is 0 Å². The molecule has 4 aliphatic carbocycles. The maximum absolute atomic E-state index is 12.1. The largest absolute Gasteiger partial charge is 0.394 e. The second-order valence-electron chi connectivity index (χ2n) is 16.1. The fourth-order valence-electron chi connectivity index (χ4n) is 11.1. The highest BCUT2D eigenvalue weighted by Gasteiger charge is 2.68. The number of hydrogen-bond acceptors (Lipinski definition) is 13. The van der Waals surface area contributed by atoms with E-state index in [1.165, 1.54) is 0 Å². The fourth-order valence-corrected chi connectivity index (χ4v) is 11.1. The maximum Gasteiger partial charge on any atom is 0.186 e. The van der Waals surface area contributed by atoms with E-state index in [1.807, 2.05) is 0 Å². The van der Waals surface area contributed by atoms with Crippen LogP contribution in [0.5, 0.6) is 0 Å². The highest BCUT2D eigenvalue weighted by atomic mass is 16.7. The van der Waals surface area contributed by atoms with Gasteiger partial charge in [0, 0.05) is 0 Å². The van der Waals surface area contributed by atoms with Crippen molar-refractivity contribution in [1.82, 2.24) is 0 Å². The van der Waals surface area contributed by atoms with Crippen molar-refractivity contribution >= 4 is 0 Å². The first-order valence-corrected chi connectivity index (χ1v) is 16.7. The summed E-state index contributed by atoms with van der Waals surface area (Å²) in [6.07, 6.45) is -7.43. The van der Waals surface area contributed by atoms with E-state index in [4.69, 9.17) is 18.9 Å². The van der Waals surface area contributed by atoms with Crippen molar-refractivity contribution in [3.63, 3.8) is 0 Å². The van der Waals surface area contributed by atoms with Gasteiger partial charge in [-0.15, -0.1) is 0 Å². The topological polar surface area (TPSA) is 219 Å². The van der Waals surface area contributed by atoms with Crippen molar-refractivity contribution in [3.8, 4) is 0 Å². The van der Waals surface area contributed by atoms with E-state index in [0.717, 1.165) is 38.5 Å². The standard InChI is InChI=1S/C32H54O13/c1-29(2)9-16(43-28-26(40)24(38)22(36)18(12-34)45-28)10-30(3)19(29)6-7-31-8-15(4-5-20(30)31)32(41,13-31)14-42-27-25(39)23(37)21(35)17(11-33)44-27/h15-28,33-41H,4-14H2,1-3H3/t15-,16?,17-,18-,19-,20+,21-,22-,23+,24+,25-,26-,27-,28-,30-,31+,32+/m1/s1. The summed E-state index contributed by atoms with van der Waals surface area (Å²) in [7, 11) is 0. The van der Waals surface area contributed by atoms with Crippen LogP contribution in [0.4, 0.5) is 0 Å². The van der Waals surface area contributed by atoms with Gasteiger partial charge < -0.3 is 64.9 Å². The van der Waals surface area contributed by atoms with E-state index in [2.05, 4.69) is 20.8 Å². The van der Waals surface area contributed by atoms with Crippen LogP contribution in [-0.2, 0) is 18.9 Å². The molecule has 17 atom stereocenters. The summed E-state index contributed by atoms with van der Waals surface area (Å²) in [5.41, 5.74) is -1.57. The lowest BCUT2D eigenvalue weighted by atomic mass is 9.41. The average Bonchev–Trinajstić information content (AvgIpc) is 3.19. The second-order valence-corrected chi connectivity index (χ2v) is 16.1. The van der Waals surface area contributed by atoms with Crippen LogP contribution in [0.3, 0.4) is 0 Å². The monoisotopic (exact) mass is 646 g/mol. The zero-order valence-corrected chi connectivity index (χ0v) is 26.5. The Labute approximate surface area is 264 Å². The Morgan fingerprint density at radius 3 is 1.91 bits per heavy atom. The normalized spacial score (nSPS) is 56.0. The fraction of sp³-hybridized carbons (Fsp3) is 1.00. The summed E-state index contributed by atoms with van der Waals surface area (Å²) in [5, 5.41) is 93.3. The minimum atomic E-state index is -1.55. The molecule has 1 unspecified atom stereocenters. The molecule has 260 valence electrons. The molecule has 6 rings (SSSR count). The smallest absolute Gasteiger partial charge is 0.186 e. The van der Waals surface area contributed by atoms with E-state index < -0.39 is 80.2 Å². The minimum absolute atomic E-state index is 0.0171. The van der Waals surface area contributed by atoms with Crippen molar-refractivity contribution in [2.75, 3.05) is 19.8 Å². The highest BCUT2D eigenvalue weighted by molar-refractivity contribution is 5.17. The number of hydrogen-bond donors (Lipinski definition) is 9. The highest BCUT2D eigenvalue weighted by Crippen LogP contribution is 2.73. The molecule has 2 aliphatic heterocycles. The maximum atomic E-state index is 12.1. The molecule has 0 aromatic heterocycles. The summed E-state index contributed by atoms with van der Waals surface area (Å²) in [6.45, 7) is 5.65. The Hall–Kier alpha value is -0.520. The molecule has 13 nitrogen and oxygen atoms in total. The van der Waals surface area contributed by atoms with Gasteiger partial charge in [0.2, 0.25) is 0 Å². The molecule has 6 aliphatic rings. The first-order valence-electron chi connectivity index (χ1n) is 16.7. The van der Waals surface area contributed by atoms with Gasteiger partial charge >= 0.3 is 0 Å². The SMILES string of the molecule is CC1(C)CC(O[C@@H]2O[C@H](CO)[C@@H](O)[C@H](O)[C@H]2O)C[C@]2(C)[C@@H]1CC[C@@]13C[C@@H](CC[C@H]12)[C@@](O)(CO[C@@H]1O[C@H](CO)[C@@H](O)[C@H](O)[C@H]1O)C3. The summed E-state index contributed by atoms with van der Waals surface area (Å²) in [5.74, 6) is 0.657. The molecule has 2 saturated heterocycles. The molecular formula is C32H54O13. The molecule has 4 saturated carbocycles. The molecule has 0 amide bonds. The van der Waals surface area contributed by atoms with E-state index in [-0.39, 0.29) is 40.8 Å². The lowest BCUT2D eigenvalue weighted by molar-refractivity contribution is -0.322. The van der Waals surface area contributed by atoms with Crippen LogP contribution in [0.1, 0.15) is 72.1 Å². The molecule has 13 heteroatoms. The van der Waals surface area contributed by atoms with Gasteiger partial charge in [0.1, 0.15) is 48.8 Å². The van der Waals surface area contributed by atoms with Crippen molar-refractivity contribution in [1.29, 1.82) is 0 Å². The number of aliphatic hydroxyl groups is 9. The Kier molecular flexibility index (Phi) is 9.25. The molecule has 2 bridgehead atoms. The molecule has 1 spiro atoms. The van der Waals surface area contributed by atoms with Gasteiger partial charge in [0.15, 0.2) is 12.6 Å². The predicted molar refractivity (Wildman–Crippen MR) is 155 cm³/mol. The molecule has 45 heavy (non-hydrogen) atoms. The van der Waals surface area contributed by atoms with Gasteiger partial charge in [-0.25, -0.2) is 0 Å². The van der Waals surface area contributed by atoms with Crippen LogP contribution < -0.4 is 0 Å². The van der Waals surface area contributed by atoms with Crippen molar-refractivity contribution in [2.24, 2.45) is 34.0 Å². The third-order valence-corrected chi connectivity index (χ3v) is 13.0. The molecule has 0 aromatic rings. The predicted octanol–water partition coefficient (Wildman–Crippen LogP) is -1.24. The summed E-state index contributed by atoms with van der Waals surface area (Å²) < 4.78 is 23.5. The van der Waals surface area contributed by atoms with Crippen molar-refractivity contribution in [2.45, 2.75) is 145 Å². The van der Waals surface area contributed by atoms with E-state index in [0.29, 0.717) is 18.8 Å². The van der Waals surface area contributed by atoms with Gasteiger partial charge in [-0.1, -0.05) is 20.8 Å². The summed E-state index contributed by atoms with van der Waals surface area (Å²) in [6, 6.07) is 0. The van der Waals surface area contributed by atoms with Crippen LogP contribution in [0.2, 0.25) is 0 Å². The number of fused-ring (bicyclic) bond motifs is 3. The van der Waals surface area contributed by atoms with Gasteiger partial charge in [0.25, 0.3) is 0 Å². The lowest BCUT2D eigenvalue weighted by Gasteiger charge is -2.65. The van der Waals surface area contributed by atoms with Gasteiger partial charge in [-0.2, -0.15) is 0 Å². The van der Waals surface area contributed by atoms with Gasteiger partial charge in [0.05, 0.1) is 31.5 Å². The Morgan fingerprint density at radius 1 is 0.689 bits per heavy atom. The molecule has 6 fully saturated rings. The van der Waals surface area contributed by atoms with Crippen LogP contribution in [0, 0.1) is 34.0 Å². The Balaban J connectivity index is 1.18. The Morgan fingerprint density at radius 2 is 1.29 bits per heavy atom. The Bertz CT molecular complexity index is 1060. The number of aliphatic hydroxyl groups excluding tert-OH is 8. The van der Waals surface area contributed by atoms with Crippen LogP contribution in [-0.4, -0.2) is 139 Å². The van der Waals surface area contributed by atoms with E-state index in [1.54, 1.807) is 0 Å². The zero-order chi connectivity index (χ0) is 32.7. The first-order chi connectivity index (χ1) is 21.1. The minimum Gasteiger partial charge on any atom is -0.394 e. The summed E-state index contributed by atoms with van der Waals surface area (Å²) in [4.78, 5) is 0.